The van der Waals surface area contributed by atoms with Crippen LogP contribution in [-0.4, -0.2) is 62.1 Å². The number of benzene rings is 1. The molecule has 1 aromatic heterocycles. The highest BCUT2D eigenvalue weighted by molar-refractivity contribution is 7.92. The molecule has 2 aliphatic rings. The summed E-state index contributed by atoms with van der Waals surface area (Å²) in [4.78, 5) is 19.7. The summed E-state index contributed by atoms with van der Waals surface area (Å²) in [6.45, 7) is 4.48. The number of nitrogens with one attached hydrogen (secondary N) is 1. The van der Waals surface area contributed by atoms with Gasteiger partial charge in [0, 0.05) is 19.6 Å². The van der Waals surface area contributed by atoms with Crippen LogP contribution in [0.15, 0.2) is 35.4 Å². The summed E-state index contributed by atoms with van der Waals surface area (Å²) in [5, 5.41) is 9.75. The monoisotopic (exact) mass is 480 g/mol. The van der Waals surface area contributed by atoms with Crippen LogP contribution in [0.4, 0.5) is 20.3 Å². The minimum absolute atomic E-state index is 0.148. The second-order valence-electron chi connectivity index (χ2n) is 8.54. The number of sulfonamides is 1. The molecule has 4 rings (SSSR count). The van der Waals surface area contributed by atoms with Crippen molar-refractivity contribution in [2.24, 2.45) is 5.92 Å². The molecule has 2 fully saturated rings. The zero-order valence-corrected chi connectivity index (χ0v) is 18.8. The summed E-state index contributed by atoms with van der Waals surface area (Å²) in [5.74, 6) is -2.62. The lowest BCUT2D eigenvalue weighted by atomic mass is 9.97. The van der Waals surface area contributed by atoms with Gasteiger partial charge in [0.1, 0.15) is 27.9 Å². The van der Waals surface area contributed by atoms with Gasteiger partial charge >= 0.3 is 5.97 Å². The Hall–Kier alpha value is -2.79. The Morgan fingerprint density at radius 2 is 1.91 bits per heavy atom. The number of nitrogens with zero attached hydrogens (tertiary/aromatic N) is 3. The quantitative estimate of drug-likeness (QED) is 0.628. The number of rotatable bonds is 7. The van der Waals surface area contributed by atoms with Crippen LogP contribution in [0.2, 0.25) is 0 Å². The van der Waals surface area contributed by atoms with Crippen LogP contribution in [0.25, 0.3) is 0 Å². The maximum Gasteiger partial charge on any atom is 0.339 e. The number of hydrogen-bond acceptors (Lipinski definition) is 6. The molecule has 0 radical (unpaired) electrons. The van der Waals surface area contributed by atoms with E-state index in [1.807, 2.05) is 4.90 Å². The first-order chi connectivity index (χ1) is 15.7. The predicted molar refractivity (Wildman–Crippen MR) is 119 cm³/mol. The van der Waals surface area contributed by atoms with Gasteiger partial charge in [-0.05, 0) is 69.0 Å². The number of anilines is 2. The molecule has 1 atom stereocenters. The van der Waals surface area contributed by atoms with Crippen LogP contribution in [0, 0.1) is 17.6 Å². The van der Waals surface area contributed by atoms with Crippen LogP contribution in [0.1, 0.15) is 36.0 Å². The van der Waals surface area contributed by atoms with Crippen molar-refractivity contribution in [2.75, 3.05) is 42.3 Å². The van der Waals surface area contributed by atoms with Crippen molar-refractivity contribution >= 4 is 27.5 Å². The molecule has 0 amide bonds. The van der Waals surface area contributed by atoms with Crippen molar-refractivity contribution < 1.29 is 27.1 Å². The summed E-state index contributed by atoms with van der Waals surface area (Å²) in [6, 6.07) is 3.24. The highest BCUT2D eigenvalue weighted by Crippen LogP contribution is 2.29. The Labute approximate surface area is 191 Å². The van der Waals surface area contributed by atoms with E-state index < -0.39 is 32.5 Å². The van der Waals surface area contributed by atoms with Gasteiger partial charge in [0.25, 0.3) is 10.0 Å². The van der Waals surface area contributed by atoms with Gasteiger partial charge in [-0.25, -0.2) is 27.0 Å². The Morgan fingerprint density at radius 3 is 2.64 bits per heavy atom. The fourth-order valence-electron chi connectivity index (χ4n) is 4.55. The minimum atomic E-state index is -4.49. The topological polar surface area (TPSA) is 103 Å². The second kappa shape index (κ2) is 9.60. The van der Waals surface area contributed by atoms with E-state index in [1.54, 1.807) is 0 Å². The van der Waals surface area contributed by atoms with Crippen molar-refractivity contribution in [3.8, 4) is 0 Å². The number of hydrogen-bond donors (Lipinski definition) is 2. The van der Waals surface area contributed by atoms with Gasteiger partial charge in [-0.1, -0.05) is 0 Å². The summed E-state index contributed by atoms with van der Waals surface area (Å²) >= 11 is 0. The van der Waals surface area contributed by atoms with Gasteiger partial charge in [0.15, 0.2) is 0 Å². The summed E-state index contributed by atoms with van der Waals surface area (Å²) < 4.78 is 54.6. The molecule has 33 heavy (non-hydrogen) atoms. The summed E-state index contributed by atoms with van der Waals surface area (Å²) in [6.07, 6.45) is 5.58. The first-order valence-electron chi connectivity index (χ1n) is 10.9. The summed E-state index contributed by atoms with van der Waals surface area (Å²) in [5.41, 5.74) is -0.304. The number of carboxylic acid groups (broad SMARTS) is 1. The van der Waals surface area contributed by atoms with Gasteiger partial charge in [-0.3, -0.25) is 4.72 Å². The molecule has 0 aliphatic carbocycles. The number of carbonyl (C=O) groups is 1. The molecule has 3 heterocycles. The second-order valence-corrected chi connectivity index (χ2v) is 10.2. The molecule has 11 heteroatoms. The molecule has 2 saturated heterocycles. The highest BCUT2D eigenvalue weighted by Gasteiger charge is 2.28. The van der Waals surface area contributed by atoms with E-state index in [2.05, 4.69) is 14.6 Å². The van der Waals surface area contributed by atoms with Crippen LogP contribution in [-0.2, 0) is 10.0 Å². The van der Waals surface area contributed by atoms with Gasteiger partial charge in [0.2, 0.25) is 0 Å². The van der Waals surface area contributed by atoms with Crippen LogP contribution in [0.5, 0.6) is 0 Å². The highest BCUT2D eigenvalue weighted by atomic mass is 32.2. The zero-order valence-electron chi connectivity index (χ0n) is 18.0. The zero-order chi connectivity index (χ0) is 23.6. The maximum absolute atomic E-state index is 14.0. The Kier molecular flexibility index (Phi) is 6.80. The minimum Gasteiger partial charge on any atom is -0.478 e. The van der Waals surface area contributed by atoms with E-state index >= 15 is 0 Å². The number of aromatic nitrogens is 1. The van der Waals surface area contributed by atoms with Crippen molar-refractivity contribution in [1.29, 1.82) is 0 Å². The van der Waals surface area contributed by atoms with E-state index in [9.17, 15) is 27.1 Å². The number of halogens is 2. The lowest BCUT2D eigenvalue weighted by Crippen LogP contribution is -2.41. The molecular weight excluding hydrogens is 454 g/mol. The van der Waals surface area contributed by atoms with E-state index in [1.165, 1.54) is 19.0 Å². The van der Waals surface area contributed by atoms with Crippen molar-refractivity contribution in [3.63, 3.8) is 0 Å². The molecule has 1 aromatic carbocycles. The molecule has 0 unspecified atom stereocenters. The molecule has 2 aliphatic heterocycles. The lowest BCUT2D eigenvalue weighted by molar-refractivity contribution is 0.0697. The van der Waals surface area contributed by atoms with E-state index in [0.717, 1.165) is 44.6 Å². The molecule has 8 nitrogen and oxygen atoms in total. The first kappa shape index (κ1) is 23.4. The molecule has 178 valence electrons. The first-order valence-corrected chi connectivity index (χ1v) is 12.4. The molecule has 0 bridgehead atoms. The largest absolute Gasteiger partial charge is 0.478 e. The van der Waals surface area contributed by atoms with Crippen LogP contribution >= 0.6 is 0 Å². The Bertz CT molecular complexity index is 1140. The molecular formula is C22H26F2N4O4S. The third-order valence-electron chi connectivity index (χ3n) is 6.07. The van der Waals surface area contributed by atoms with Crippen LogP contribution < -0.4 is 9.62 Å². The number of piperidine rings is 1. The normalized spacial score (nSPS) is 19.6. The van der Waals surface area contributed by atoms with Crippen molar-refractivity contribution in [3.05, 3.63) is 47.7 Å². The third kappa shape index (κ3) is 5.41. The molecule has 0 saturated carbocycles. The standard InChI is InChI=1S/C22H26F2N4O4S/c23-16-5-6-19(24)20(10-16)33(31,32)26-17-11-18(22(29)30)21(25-12-17)28-9-3-4-15(14-28)13-27-7-1-2-8-27/h5-6,10-12,15,26H,1-4,7-9,13-14H2,(H,29,30)/t15-/m1/s1. The average molecular weight is 481 g/mol. The molecule has 2 N–H and O–H groups in total. The average Bonchev–Trinajstić information content (AvgIpc) is 3.28. The Balaban J connectivity index is 1.55. The SMILES string of the molecule is O=C(O)c1cc(NS(=O)(=O)c2cc(F)ccc2F)cnc1N1CCC[C@H](CN2CCCC2)C1. The van der Waals surface area contributed by atoms with Gasteiger partial charge < -0.3 is 14.9 Å². The van der Waals surface area contributed by atoms with Gasteiger partial charge in [-0.15, -0.1) is 0 Å². The number of carboxylic acids is 1. The van der Waals surface area contributed by atoms with Crippen LogP contribution in [0.3, 0.4) is 0 Å². The smallest absolute Gasteiger partial charge is 0.339 e. The Morgan fingerprint density at radius 1 is 1.15 bits per heavy atom. The fourth-order valence-corrected chi connectivity index (χ4v) is 5.68. The number of pyridine rings is 1. The summed E-state index contributed by atoms with van der Waals surface area (Å²) in [7, 11) is -4.49. The number of aromatic carboxylic acids is 1. The van der Waals surface area contributed by atoms with Crippen molar-refractivity contribution in [2.45, 2.75) is 30.6 Å². The molecule has 2 aromatic rings. The van der Waals surface area contributed by atoms with Gasteiger partial charge in [0.05, 0.1) is 11.9 Å². The maximum atomic E-state index is 14.0. The van der Waals surface area contributed by atoms with Crippen molar-refractivity contribution in [1.82, 2.24) is 9.88 Å². The lowest BCUT2D eigenvalue weighted by Gasteiger charge is -2.36. The van der Waals surface area contributed by atoms with E-state index in [-0.39, 0.29) is 17.1 Å². The predicted octanol–water partition coefficient (Wildman–Crippen LogP) is 3.17. The van der Waals surface area contributed by atoms with E-state index in [0.29, 0.717) is 31.1 Å². The number of likely N-dealkylation sites (tertiary alicyclic amines) is 1. The molecule has 0 spiro atoms. The van der Waals surface area contributed by atoms with Gasteiger partial charge in [-0.2, -0.15) is 0 Å². The fraction of sp³-hybridized carbons (Fsp3) is 0.455. The van der Waals surface area contributed by atoms with E-state index in [4.69, 9.17) is 0 Å². The third-order valence-corrected chi connectivity index (χ3v) is 7.46.